The molecular weight excluding hydrogens is 208 g/mol. The van der Waals surface area contributed by atoms with Gasteiger partial charge in [0.05, 0.1) is 6.04 Å². The summed E-state index contributed by atoms with van der Waals surface area (Å²) in [7, 11) is 0. The van der Waals surface area contributed by atoms with Gasteiger partial charge in [0, 0.05) is 6.04 Å². The summed E-state index contributed by atoms with van der Waals surface area (Å²) in [5.41, 5.74) is 2.59. The zero-order valence-electron chi connectivity index (χ0n) is 10.2. The maximum Gasteiger partial charge on any atom is 0.206 e. The van der Waals surface area contributed by atoms with Crippen molar-refractivity contribution in [2.45, 2.75) is 46.2 Å². The number of thioether (sulfide) groups is 1. The molecule has 90 valence electrons. The van der Waals surface area contributed by atoms with Gasteiger partial charge in [-0.1, -0.05) is 6.92 Å². The van der Waals surface area contributed by atoms with Gasteiger partial charge >= 0.3 is 0 Å². The largest absolute Gasteiger partial charge is 0.353 e. The zero-order valence-corrected chi connectivity index (χ0v) is 11.0. The van der Waals surface area contributed by atoms with E-state index in [1.807, 2.05) is 11.8 Å². The lowest BCUT2D eigenvalue weighted by Gasteiger charge is -2.14. The van der Waals surface area contributed by atoms with Crippen molar-refractivity contribution in [3.8, 4) is 0 Å². The molecule has 0 aromatic rings. The SMILES string of the molecule is CCSCCC(C)N=C(NN)NC(C)C. The Balaban J connectivity index is 3.93. The zero-order chi connectivity index (χ0) is 11.7. The summed E-state index contributed by atoms with van der Waals surface area (Å²) in [6.45, 7) is 8.40. The maximum atomic E-state index is 5.38. The van der Waals surface area contributed by atoms with E-state index in [0.29, 0.717) is 18.0 Å². The number of hydrogen-bond acceptors (Lipinski definition) is 3. The van der Waals surface area contributed by atoms with Crippen LogP contribution in [0.25, 0.3) is 0 Å². The number of guanidine groups is 1. The highest BCUT2D eigenvalue weighted by Crippen LogP contribution is 2.06. The lowest BCUT2D eigenvalue weighted by Crippen LogP contribution is -2.45. The number of hydrazine groups is 1. The van der Waals surface area contributed by atoms with Gasteiger partial charge in [0.2, 0.25) is 5.96 Å². The van der Waals surface area contributed by atoms with Gasteiger partial charge in [-0.2, -0.15) is 11.8 Å². The first-order valence-corrected chi connectivity index (χ1v) is 6.64. The summed E-state index contributed by atoms with van der Waals surface area (Å²) < 4.78 is 0. The van der Waals surface area contributed by atoms with E-state index in [1.165, 1.54) is 5.75 Å². The number of aliphatic imine (C=N–C) groups is 1. The molecule has 0 spiro atoms. The minimum absolute atomic E-state index is 0.307. The molecule has 0 bridgehead atoms. The Hall–Kier alpha value is -0.420. The predicted molar refractivity (Wildman–Crippen MR) is 70.1 cm³/mol. The van der Waals surface area contributed by atoms with Gasteiger partial charge in [-0.3, -0.25) is 5.43 Å². The van der Waals surface area contributed by atoms with Crippen LogP contribution in [-0.4, -0.2) is 29.5 Å². The molecule has 0 aromatic carbocycles. The topological polar surface area (TPSA) is 62.4 Å². The minimum atomic E-state index is 0.307. The summed E-state index contributed by atoms with van der Waals surface area (Å²) in [4.78, 5) is 4.46. The molecule has 0 saturated carbocycles. The van der Waals surface area contributed by atoms with Crippen LogP contribution >= 0.6 is 11.8 Å². The van der Waals surface area contributed by atoms with Crippen LogP contribution in [0, 0.1) is 0 Å². The number of nitrogens with zero attached hydrogens (tertiary/aromatic N) is 1. The average Bonchev–Trinajstić information content (AvgIpc) is 2.16. The molecule has 5 heteroatoms. The van der Waals surface area contributed by atoms with E-state index in [1.54, 1.807) is 0 Å². The highest BCUT2D eigenvalue weighted by Gasteiger charge is 2.03. The van der Waals surface area contributed by atoms with Crippen LogP contribution in [0.15, 0.2) is 4.99 Å². The molecule has 0 heterocycles. The van der Waals surface area contributed by atoms with Gasteiger partial charge in [-0.15, -0.1) is 0 Å². The van der Waals surface area contributed by atoms with Gasteiger partial charge in [0.1, 0.15) is 0 Å². The molecule has 0 aromatic heterocycles. The molecule has 0 aliphatic heterocycles. The van der Waals surface area contributed by atoms with Crippen LogP contribution < -0.4 is 16.6 Å². The molecule has 4 nitrogen and oxygen atoms in total. The number of nitrogens with two attached hydrogens (primary N) is 1. The van der Waals surface area contributed by atoms with Crippen LogP contribution in [-0.2, 0) is 0 Å². The third-order valence-corrected chi connectivity index (χ3v) is 2.73. The van der Waals surface area contributed by atoms with E-state index in [0.717, 1.165) is 12.2 Å². The van der Waals surface area contributed by atoms with Crippen molar-refractivity contribution in [3.05, 3.63) is 0 Å². The second kappa shape index (κ2) is 8.85. The Labute approximate surface area is 97.5 Å². The Morgan fingerprint density at radius 1 is 1.40 bits per heavy atom. The molecule has 4 N–H and O–H groups in total. The van der Waals surface area contributed by atoms with Gasteiger partial charge in [-0.05, 0) is 38.7 Å². The highest BCUT2D eigenvalue weighted by molar-refractivity contribution is 7.99. The monoisotopic (exact) mass is 232 g/mol. The molecule has 0 saturated heterocycles. The van der Waals surface area contributed by atoms with Crippen molar-refractivity contribution in [2.24, 2.45) is 10.8 Å². The Morgan fingerprint density at radius 3 is 2.53 bits per heavy atom. The molecular formula is C10H24N4S. The van der Waals surface area contributed by atoms with Crippen LogP contribution in [0.5, 0.6) is 0 Å². The molecule has 0 aliphatic carbocycles. The Kier molecular flexibility index (Phi) is 8.61. The van der Waals surface area contributed by atoms with Crippen molar-refractivity contribution in [3.63, 3.8) is 0 Å². The van der Waals surface area contributed by atoms with Gasteiger partial charge in [0.25, 0.3) is 0 Å². The van der Waals surface area contributed by atoms with Crippen molar-refractivity contribution >= 4 is 17.7 Å². The lowest BCUT2D eigenvalue weighted by molar-refractivity contribution is 0.668. The van der Waals surface area contributed by atoms with E-state index < -0.39 is 0 Å². The molecule has 15 heavy (non-hydrogen) atoms. The molecule has 1 unspecified atom stereocenters. The highest BCUT2D eigenvalue weighted by atomic mass is 32.2. The first-order valence-electron chi connectivity index (χ1n) is 5.48. The van der Waals surface area contributed by atoms with Crippen LogP contribution in [0.2, 0.25) is 0 Å². The Morgan fingerprint density at radius 2 is 2.07 bits per heavy atom. The predicted octanol–water partition coefficient (Wildman–Crippen LogP) is 1.34. The van der Waals surface area contributed by atoms with Crippen LogP contribution in [0.4, 0.5) is 0 Å². The fraction of sp³-hybridized carbons (Fsp3) is 0.900. The van der Waals surface area contributed by atoms with Crippen molar-refractivity contribution in [1.29, 1.82) is 0 Å². The molecule has 1 atom stereocenters. The molecule has 0 amide bonds. The van der Waals surface area contributed by atoms with E-state index in [4.69, 9.17) is 5.84 Å². The smallest absolute Gasteiger partial charge is 0.206 e. The molecule has 0 fully saturated rings. The first-order chi connectivity index (χ1) is 7.10. The molecule has 0 rings (SSSR count). The summed E-state index contributed by atoms with van der Waals surface area (Å²) in [5.74, 6) is 8.38. The molecule has 0 radical (unpaired) electrons. The van der Waals surface area contributed by atoms with Crippen LogP contribution in [0.3, 0.4) is 0 Å². The number of rotatable bonds is 6. The van der Waals surface area contributed by atoms with E-state index >= 15 is 0 Å². The third-order valence-electron chi connectivity index (χ3n) is 1.80. The van der Waals surface area contributed by atoms with Crippen molar-refractivity contribution in [1.82, 2.24) is 10.7 Å². The normalized spacial score (nSPS) is 14.1. The minimum Gasteiger partial charge on any atom is -0.353 e. The fourth-order valence-electron chi connectivity index (χ4n) is 1.07. The second-order valence-corrected chi connectivity index (χ2v) is 5.15. The van der Waals surface area contributed by atoms with Crippen molar-refractivity contribution in [2.75, 3.05) is 11.5 Å². The summed E-state index contributed by atoms with van der Waals surface area (Å²) >= 11 is 1.94. The molecule has 0 aliphatic rings. The van der Waals surface area contributed by atoms with E-state index in [-0.39, 0.29) is 0 Å². The second-order valence-electron chi connectivity index (χ2n) is 3.76. The summed E-state index contributed by atoms with van der Waals surface area (Å²) in [5, 5.41) is 3.16. The van der Waals surface area contributed by atoms with Crippen molar-refractivity contribution < 1.29 is 0 Å². The fourth-order valence-corrected chi connectivity index (χ4v) is 1.87. The van der Waals surface area contributed by atoms with E-state index in [9.17, 15) is 0 Å². The van der Waals surface area contributed by atoms with Crippen LogP contribution in [0.1, 0.15) is 34.1 Å². The Bertz CT molecular complexity index is 182. The lowest BCUT2D eigenvalue weighted by atomic mass is 10.3. The first kappa shape index (κ1) is 14.6. The number of hydrogen-bond donors (Lipinski definition) is 3. The van der Waals surface area contributed by atoms with Gasteiger partial charge in [-0.25, -0.2) is 10.8 Å². The third kappa shape index (κ3) is 8.57. The average molecular weight is 232 g/mol. The standard InChI is InChI=1S/C10H24N4S/c1-5-15-7-6-9(4)13-10(14-11)12-8(2)3/h8-9H,5-7,11H2,1-4H3,(H2,12,13,14). The number of nitrogens with one attached hydrogen (secondary N) is 2. The van der Waals surface area contributed by atoms with Gasteiger partial charge in [0.15, 0.2) is 0 Å². The van der Waals surface area contributed by atoms with Gasteiger partial charge < -0.3 is 5.32 Å². The summed E-state index contributed by atoms with van der Waals surface area (Å²) in [6, 6.07) is 0.651. The van der Waals surface area contributed by atoms with E-state index in [2.05, 4.69) is 43.4 Å². The summed E-state index contributed by atoms with van der Waals surface area (Å²) in [6.07, 6.45) is 1.09. The quantitative estimate of drug-likeness (QED) is 0.213. The maximum absolute atomic E-state index is 5.38.